The lowest BCUT2D eigenvalue weighted by Gasteiger charge is -2.12. The molecule has 6 heteroatoms. The third-order valence-electron chi connectivity index (χ3n) is 2.95. The number of aliphatic hydroxyl groups excluding tert-OH is 1. The minimum atomic E-state index is -1.13. The van der Waals surface area contributed by atoms with E-state index in [4.69, 9.17) is 11.6 Å². The molecule has 0 saturated carbocycles. The van der Waals surface area contributed by atoms with Crippen LogP contribution in [0.4, 0.5) is 0 Å². The summed E-state index contributed by atoms with van der Waals surface area (Å²) in [7, 11) is 0. The summed E-state index contributed by atoms with van der Waals surface area (Å²) in [5, 5.41) is 23.0. The van der Waals surface area contributed by atoms with Crippen molar-refractivity contribution >= 4 is 23.3 Å². The van der Waals surface area contributed by atoms with Crippen molar-refractivity contribution < 1.29 is 15.0 Å². The van der Waals surface area contributed by atoms with E-state index in [1.54, 1.807) is 12.2 Å². The number of hydrogen-bond acceptors (Lipinski definition) is 3. The van der Waals surface area contributed by atoms with Crippen LogP contribution in [0.15, 0.2) is 34.9 Å². The first-order chi connectivity index (χ1) is 9.96. The maximum atomic E-state index is 11.4. The molecule has 0 unspecified atom stereocenters. The van der Waals surface area contributed by atoms with E-state index < -0.39 is 5.97 Å². The van der Waals surface area contributed by atoms with Crippen LogP contribution in [-0.2, 0) is 6.61 Å². The Balaban J connectivity index is 3.55. The molecule has 1 aromatic rings. The Labute approximate surface area is 128 Å². The maximum absolute atomic E-state index is 11.4. The van der Waals surface area contributed by atoms with Crippen molar-refractivity contribution in [2.45, 2.75) is 33.8 Å². The van der Waals surface area contributed by atoms with Crippen molar-refractivity contribution in [2.75, 3.05) is 0 Å². The highest BCUT2D eigenvalue weighted by molar-refractivity contribution is 6.36. The molecule has 0 bridgehead atoms. The number of carboxylic acids is 1. The van der Waals surface area contributed by atoms with Crippen molar-refractivity contribution in [2.24, 2.45) is 0 Å². The molecule has 0 aliphatic rings. The summed E-state index contributed by atoms with van der Waals surface area (Å²) < 4.78 is 1.27. The lowest BCUT2D eigenvalue weighted by molar-refractivity contribution is 0.0687. The standard InChI is InChI=1S/C15H19ClN2O3/c1-4-6-7-12(16)14(10(3)5-2)18-13(15(20)21)8-11(9-19)17-18/h4,6-8,19H,5,9H2,1-3H3,(H,20,21)/b6-4-,12-7+,14-10-. The van der Waals surface area contributed by atoms with Gasteiger partial charge in [0.2, 0.25) is 0 Å². The van der Waals surface area contributed by atoms with E-state index in [-0.39, 0.29) is 18.0 Å². The Morgan fingerprint density at radius 2 is 2.19 bits per heavy atom. The Kier molecular flexibility index (Phi) is 6.39. The zero-order valence-electron chi connectivity index (χ0n) is 12.3. The van der Waals surface area contributed by atoms with Crippen LogP contribution in [0.25, 0.3) is 5.70 Å². The van der Waals surface area contributed by atoms with E-state index >= 15 is 0 Å². The second-order valence-corrected chi connectivity index (χ2v) is 4.83. The Hall–Kier alpha value is -1.85. The minimum Gasteiger partial charge on any atom is -0.477 e. The first kappa shape index (κ1) is 17.2. The van der Waals surface area contributed by atoms with Gasteiger partial charge in [-0.15, -0.1) is 0 Å². The number of carbonyl (C=O) groups is 1. The molecule has 0 aliphatic heterocycles. The molecule has 21 heavy (non-hydrogen) atoms. The Morgan fingerprint density at radius 3 is 2.67 bits per heavy atom. The Morgan fingerprint density at radius 1 is 1.52 bits per heavy atom. The van der Waals surface area contributed by atoms with Gasteiger partial charge >= 0.3 is 5.97 Å². The normalized spacial score (nSPS) is 13.7. The van der Waals surface area contributed by atoms with Gasteiger partial charge in [-0.05, 0) is 38.0 Å². The van der Waals surface area contributed by atoms with Gasteiger partial charge in [-0.3, -0.25) is 0 Å². The molecule has 0 saturated heterocycles. The molecule has 1 rings (SSSR count). The number of aliphatic hydroxyl groups is 1. The lowest BCUT2D eigenvalue weighted by Crippen LogP contribution is -2.11. The van der Waals surface area contributed by atoms with Crippen molar-refractivity contribution in [1.82, 2.24) is 9.78 Å². The molecule has 0 aliphatic carbocycles. The molecule has 2 N–H and O–H groups in total. The summed E-state index contributed by atoms with van der Waals surface area (Å²) in [4.78, 5) is 11.4. The molecule has 1 heterocycles. The van der Waals surface area contributed by atoms with Gasteiger partial charge in [-0.25, -0.2) is 9.48 Å². The zero-order valence-corrected chi connectivity index (χ0v) is 13.1. The fourth-order valence-electron chi connectivity index (χ4n) is 1.74. The fourth-order valence-corrected chi connectivity index (χ4v) is 2.06. The SMILES string of the molecule is C\C=C/C=C(Cl)\C(=C(/C)CC)n1nc(CO)cc1C(=O)O. The molecule has 1 aromatic heterocycles. The summed E-state index contributed by atoms with van der Waals surface area (Å²) in [5.74, 6) is -1.13. The van der Waals surface area contributed by atoms with Gasteiger partial charge in [0.1, 0.15) is 0 Å². The number of nitrogens with zero attached hydrogens (tertiary/aromatic N) is 2. The molecule has 0 spiro atoms. The number of hydrogen-bond donors (Lipinski definition) is 2. The van der Waals surface area contributed by atoms with Crippen LogP contribution in [0.1, 0.15) is 43.4 Å². The largest absolute Gasteiger partial charge is 0.477 e. The predicted octanol–water partition coefficient (Wildman–Crippen LogP) is 3.41. The molecular weight excluding hydrogens is 292 g/mol. The van der Waals surface area contributed by atoms with E-state index in [1.807, 2.05) is 26.8 Å². The van der Waals surface area contributed by atoms with Gasteiger partial charge in [-0.2, -0.15) is 5.10 Å². The third kappa shape index (κ3) is 4.06. The van der Waals surface area contributed by atoms with Crippen molar-refractivity contribution in [3.05, 3.63) is 46.3 Å². The number of aromatic nitrogens is 2. The Bertz CT molecular complexity index is 612. The van der Waals surface area contributed by atoms with Crippen LogP contribution in [0, 0.1) is 0 Å². The van der Waals surface area contributed by atoms with Gasteiger partial charge in [0.05, 0.1) is 23.0 Å². The molecular formula is C15H19ClN2O3. The summed E-state index contributed by atoms with van der Waals surface area (Å²) in [6.07, 6.45) is 5.97. The molecule has 0 atom stereocenters. The topological polar surface area (TPSA) is 75.3 Å². The lowest BCUT2D eigenvalue weighted by atomic mass is 10.1. The van der Waals surface area contributed by atoms with Crippen LogP contribution >= 0.6 is 11.6 Å². The highest BCUT2D eigenvalue weighted by atomic mass is 35.5. The monoisotopic (exact) mass is 310 g/mol. The van der Waals surface area contributed by atoms with Gasteiger partial charge in [0.25, 0.3) is 0 Å². The first-order valence-corrected chi connectivity index (χ1v) is 6.96. The number of rotatable bonds is 6. The average Bonchev–Trinajstić information content (AvgIpc) is 2.89. The molecule has 114 valence electrons. The van der Waals surface area contributed by atoms with E-state index in [1.165, 1.54) is 10.7 Å². The van der Waals surface area contributed by atoms with Crippen LogP contribution in [0.3, 0.4) is 0 Å². The second-order valence-electron chi connectivity index (χ2n) is 4.42. The van der Waals surface area contributed by atoms with Crippen LogP contribution in [0.5, 0.6) is 0 Å². The number of allylic oxidation sites excluding steroid dienone is 6. The smallest absolute Gasteiger partial charge is 0.354 e. The van der Waals surface area contributed by atoms with Crippen molar-refractivity contribution in [1.29, 1.82) is 0 Å². The summed E-state index contributed by atoms with van der Waals surface area (Å²) in [6, 6.07) is 1.34. The first-order valence-electron chi connectivity index (χ1n) is 6.58. The minimum absolute atomic E-state index is 0.0334. The van der Waals surface area contributed by atoms with E-state index in [9.17, 15) is 15.0 Å². The molecule has 0 amide bonds. The highest BCUT2D eigenvalue weighted by Crippen LogP contribution is 2.27. The average molecular weight is 311 g/mol. The zero-order chi connectivity index (χ0) is 16.0. The number of aromatic carboxylic acids is 1. The maximum Gasteiger partial charge on any atom is 0.354 e. The quantitative estimate of drug-likeness (QED) is 0.789. The van der Waals surface area contributed by atoms with Gasteiger partial charge in [0.15, 0.2) is 5.69 Å². The van der Waals surface area contributed by atoms with E-state index in [0.29, 0.717) is 17.2 Å². The summed E-state index contributed by atoms with van der Waals surface area (Å²) >= 11 is 6.30. The van der Waals surface area contributed by atoms with Gasteiger partial charge in [-0.1, -0.05) is 30.7 Å². The van der Waals surface area contributed by atoms with Crippen molar-refractivity contribution in [3.8, 4) is 0 Å². The number of halogens is 1. The van der Waals surface area contributed by atoms with Gasteiger partial charge in [0, 0.05) is 0 Å². The highest BCUT2D eigenvalue weighted by Gasteiger charge is 2.19. The predicted molar refractivity (Wildman–Crippen MR) is 83.0 cm³/mol. The van der Waals surface area contributed by atoms with Crippen molar-refractivity contribution in [3.63, 3.8) is 0 Å². The summed E-state index contributed by atoms with van der Waals surface area (Å²) in [5.41, 5.74) is 1.67. The summed E-state index contributed by atoms with van der Waals surface area (Å²) in [6.45, 7) is 5.35. The van der Waals surface area contributed by atoms with Crippen LogP contribution in [-0.4, -0.2) is 26.0 Å². The van der Waals surface area contributed by atoms with Gasteiger partial charge < -0.3 is 10.2 Å². The molecule has 0 radical (unpaired) electrons. The second kappa shape index (κ2) is 7.81. The van der Waals surface area contributed by atoms with Crippen LogP contribution in [0.2, 0.25) is 0 Å². The third-order valence-corrected chi connectivity index (χ3v) is 3.25. The molecule has 0 fully saturated rings. The molecule has 5 nitrogen and oxygen atoms in total. The van der Waals surface area contributed by atoms with Crippen LogP contribution < -0.4 is 0 Å². The van der Waals surface area contributed by atoms with E-state index in [2.05, 4.69) is 5.10 Å². The molecule has 0 aromatic carbocycles. The number of carboxylic acid groups (broad SMARTS) is 1. The fraction of sp³-hybridized carbons (Fsp3) is 0.333. The van der Waals surface area contributed by atoms with E-state index in [0.717, 1.165) is 5.57 Å².